The molecule has 2 rings (SSSR count). The Morgan fingerprint density at radius 3 is 2.64 bits per heavy atom. The van der Waals surface area contributed by atoms with Crippen LogP contribution >= 0.6 is 22.9 Å². The van der Waals surface area contributed by atoms with E-state index in [2.05, 4.69) is 44.7 Å². The van der Waals surface area contributed by atoms with Crippen molar-refractivity contribution in [3.8, 4) is 0 Å². The van der Waals surface area contributed by atoms with Gasteiger partial charge < -0.3 is 0 Å². The molecule has 1 aliphatic carbocycles. The summed E-state index contributed by atoms with van der Waals surface area (Å²) in [7, 11) is 0. The van der Waals surface area contributed by atoms with Gasteiger partial charge in [0.2, 0.25) is 0 Å². The molecule has 1 aliphatic heterocycles. The van der Waals surface area contributed by atoms with E-state index in [0.29, 0.717) is 0 Å². The molecule has 0 amide bonds. The van der Waals surface area contributed by atoms with Crippen LogP contribution in [0.3, 0.4) is 0 Å². The number of halogens is 1. The Labute approximate surface area is 82.4 Å². The van der Waals surface area contributed by atoms with Gasteiger partial charge in [-0.2, -0.15) is 0 Å². The fourth-order valence-corrected chi connectivity index (χ4v) is 2.82. The van der Waals surface area contributed by atoms with Crippen LogP contribution in [-0.2, 0) is 0 Å². The summed E-state index contributed by atoms with van der Waals surface area (Å²) in [5.74, 6) is 0. The Balaban J connectivity index is 1.97. The minimum Gasteiger partial charge on any atom is -0.295 e. The first kappa shape index (κ1) is 8.26. The molecule has 0 N–H and O–H groups in total. The van der Waals surface area contributed by atoms with Gasteiger partial charge in [0.1, 0.15) is 0 Å². The van der Waals surface area contributed by atoms with Gasteiger partial charge in [-0.05, 0) is 20.3 Å². The normalized spacial score (nSPS) is 39.3. The third-order valence-electron chi connectivity index (χ3n) is 2.74. The molecule has 1 heterocycles. The molecule has 2 nitrogen and oxygen atoms in total. The van der Waals surface area contributed by atoms with Crippen LogP contribution in [-0.4, -0.2) is 39.2 Å². The number of piperazine rings is 1. The van der Waals surface area contributed by atoms with Gasteiger partial charge in [-0.1, -0.05) is 0 Å². The van der Waals surface area contributed by atoms with Crippen LogP contribution in [0.15, 0.2) is 0 Å². The van der Waals surface area contributed by atoms with Crippen molar-refractivity contribution in [3.05, 3.63) is 0 Å². The monoisotopic (exact) mass is 266 g/mol. The van der Waals surface area contributed by atoms with Gasteiger partial charge in [-0.25, -0.2) is 3.11 Å². The molecular formula is C8H15IN2. The van der Waals surface area contributed by atoms with E-state index in [1.54, 1.807) is 0 Å². The Morgan fingerprint density at radius 2 is 2.00 bits per heavy atom. The smallest absolute Gasteiger partial charge is 0.0366 e. The van der Waals surface area contributed by atoms with Crippen LogP contribution in [0.5, 0.6) is 0 Å². The van der Waals surface area contributed by atoms with Crippen LogP contribution in [0.2, 0.25) is 0 Å². The summed E-state index contributed by atoms with van der Waals surface area (Å²) in [5, 5.41) is 0. The lowest BCUT2D eigenvalue weighted by Gasteiger charge is -2.33. The van der Waals surface area contributed by atoms with Gasteiger partial charge in [-0.15, -0.1) is 0 Å². The van der Waals surface area contributed by atoms with E-state index in [-0.39, 0.29) is 0 Å². The highest BCUT2D eigenvalue weighted by atomic mass is 127. The van der Waals surface area contributed by atoms with E-state index >= 15 is 0 Å². The molecular weight excluding hydrogens is 251 g/mol. The maximum Gasteiger partial charge on any atom is 0.0366 e. The van der Waals surface area contributed by atoms with Gasteiger partial charge >= 0.3 is 0 Å². The topological polar surface area (TPSA) is 6.48 Å². The van der Waals surface area contributed by atoms with Crippen LogP contribution in [0, 0.1) is 0 Å². The average Bonchev–Trinajstić information content (AvgIpc) is 2.66. The maximum absolute atomic E-state index is 2.64. The lowest BCUT2D eigenvalue weighted by Crippen LogP contribution is -2.45. The molecule has 0 aromatic carbocycles. The van der Waals surface area contributed by atoms with E-state index in [1.165, 1.54) is 19.5 Å². The molecule has 64 valence electrons. The van der Waals surface area contributed by atoms with Crippen LogP contribution < -0.4 is 0 Å². The zero-order valence-corrected chi connectivity index (χ0v) is 9.28. The minimum atomic E-state index is 0.745. The summed E-state index contributed by atoms with van der Waals surface area (Å²) >= 11 is 2.46. The standard InChI is InChI=1S/C8H15IN2/c1-6(2)10-3-4-11(9)8-5-7(8)10/h6-8H,3-5H2,1-2H3/t7-,8+/m0/s1. The number of rotatable bonds is 1. The van der Waals surface area contributed by atoms with Crippen LogP contribution in [0.4, 0.5) is 0 Å². The summed E-state index contributed by atoms with van der Waals surface area (Å²) < 4.78 is 2.47. The van der Waals surface area contributed by atoms with Crippen molar-refractivity contribution in [2.75, 3.05) is 13.1 Å². The highest BCUT2D eigenvalue weighted by Gasteiger charge is 2.48. The van der Waals surface area contributed by atoms with Gasteiger partial charge in [0.05, 0.1) is 0 Å². The summed E-state index contributed by atoms with van der Waals surface area (Å²) in [5.41, 5.74) is 0. The SMILES string of the molecule is CC(C)N1CCN(I)[C@@H]2C[C@@H]21. The Kier molecular flexibility index (Phi) is 2.14. The fourth-order valence-electron chi connectivity index (χ4n) is 2.01. The van der Waals surface area contributed by atoms with E-state index in [9.17, 15) is 0 Å². The lowest BCUT2D eigenvalue weighted by atomic mass is 10.3. The maximum atomic E-state index is 2.64. The molecule has 2 aliphatic rings. The number of nitrogens with zero attached hydrogens (tertiary/aromatic N) is 2. The van der Waals surface area contributed by atoms with Crippen molar-refractivity contribution in [2.45, 2.75) is 38.4 Å². The molecule has 2 atom stereocenters. The highest BCUT2D eigenvalue weighted by Crippen LogP contribution is 2.39. The van der Waals surface area contributed by atoms with E-state index in [0.717, 1.165) is 18.1 Å². The van der Waals surface area contributed by atoms with Gasteiger partial charge in [-0.3, -0.25) is 4.90 Å². The molecule has 0 aromatic rings. The van der Waals surface area contributed by atoms with Crippen LogP contribution in [0.25, 0.3) is 0 Å². The molecule has 1 saturated carbocycles. The third-order valence-corrected chi connectivity index (χ3v) is 3.94. The molecule has 11 heavy (non-hydrogen) atoms. The second-order valence-electron chi connectivity index (χ2n) is 3.83. The van der Waals surface area contributed by atoms with E-state index < -0.39 is 0 Å². The Bertz CT molecular complexity index is 160. The summed E-state index contributed by atoms with van der Waals surface area (Å²) in [6, 6.07) is 2.52. The third kappa shape index (κ3) is 1.42. The van der Waals surface area contributed by atoms with Crippen molar-refractivity contribution < 1.29 is 0 Å². The zero-order valence-electron chi connectivity index (χ0n) is 7.13. The first-order chi connectivity index (χ1) is 5.20. The second kappa shape index (κ2) is 2.85. The quantitative estimate of drug-likeness (QED) is 0.524. The lowest BCUT2D eigenvalue weighted by molar-refractivity contribution is 0.159. The van der Waals surface area contributed by atoms with Crippen molar-refractivity contribution in [1.82, 2.24) is 8.01 Å². The van der Waals surface area contributed by atoms with Crippen molar-refractivity contribution >= 4 is 22.9 Å². The first-order valence-electron chi connectivity index (χ1n) is 4.38. The predicted octanol–water partition coefficient (Wildman–Crippen LogP) is 1.50. The summed E-state index contributed by atoms with van der Waals surface area (Å²) in [6.07, 6.45) is 1.40. The van der Waals surface area contributed by atoms with Crippen molar-refractivity contribution in [2.24, 2.45) is 0 Å². The highest BCUT2D eigenvalue weighted by molar-refractivity contribution is 14.1. The van der Waals surface area contributed by atoms with E-state index in [1.807, 2.05) is 0 Å². The number of fused-ring (bicyclic) bond motifs is 1. The Morgan fingerprint density at radius 1 is 1.27 bits per heavy atom. The Hall–Kier alpha value is 0.650. The van der Waals surface area contributed by atoms with Gasteiger partial charge in [0.25, 0.3) is 0 Å². The number of hydrogen-bond donors (Lipinski definition) is 0. The largest absolute Gasteiger partial charge is 0.295 e. The predicted molar refractivity (Wildman–Crippen MR) is 54.8 cm³/mol. The molecule has 0 spiro atoms. The molecule has 3 heteroatoms. The summed E-state index contributed by atoms with van der Waals surface area (Å²) in [6.45, 7) is 7.12. The molecule has 0 radical (unpaired) electrons. The molecule has 0 bridgehead atoms. The van der Waals surface area contributed by atoms with Gasteiger partial charge in [0, 0.05) is 54.1 Å². The molecule has 1 saturated heterocycles. The first-order valence-corrected chi connectivity index (χ1v) is 5.35. The fraction of sp³-hybridized carbons (Fsp3) is 1.00. The molecule has 0 unspecified atom stereocenters. The zero-order chi connectivity index (χ0) is 8.01. The number of hydrogen-bond acceptors (Lipinski definition) is 2. The van der Waals surface area contributed by atoms with Crippen LogP contribution in [0.1, 0.15) is 20.3 Å². The van der Waals surface area contributed by atoms with Gasteiger partial charge in [0.15, 0.2) is 0 Å². The molecule has 0 aromatic heterocycles. The molecule has 2 fully saturated rings. The van der Waals surface area contributed by atoms with E-state index in [4.69, 9.17) is 0 Å². The minimum absolute atomic E-state index is 0.745. The van der Waals surface area contributed by atoms with Crippen molar-refractivity contribution in [1.29, 1.82) is 0 Å². The van der Waals surface area contributed by atoms with Crippen molar-refractivity contribution in [3.63, 3.8) is 0 Å². The average molecular weight is 266 g/mol. The summed E-state index contributed by atoms with van der Waals surface area (Å²) in [4.78, 5) is 2.64. The second-order valence-corrected chi connectivity index (χ2v) is 5.06.